The van der Waals surface area contributed by atoms with E-state index >= 15 is 0 Å². The van der Waals surface area contributed by atoms with Crippen LogP contribution >= 0.6 is 0 Å². The van der Waals surface area contributed by atoms with Crippen LogP contribution in [-0.2, 0) is 0 Å². The summed E-state index contributed by atoms with van der Waals surface area (Å²) < 4.78 is 0. The van der Waals surface area contributed by atoms with Crippen molar-refractivity contribution in [3.8, 4) is 0 Å². The molecule has 0 aliphatic carbocycles. The maximum atomic E-state index is 11.0. The van der Waals surface area contributed by atoms with Crippen LogP contribution in [0.5, 0.6) is 0 Å². The summed E-state index contributed by atoms with van der Waals surface area (Å²) in [6.45, 7) is 3.38. The van der Waals surface area contributed by atoms with Gasteiger partial charge < -0.3 is 16.4 Å². The summed E-state index contributed by atoms with van der Waals surface area (Å²) in [5.74, 6) is -0.401. The largest absolute Gasteiger partial charge is 0.388 e. The molecule has 17 heavy (non-hydrogen) atoms. The monoisotopic (exact) mass is 235 g/mol. The molecule has 0 saturated heterocycles. The highest BCUT2D eigenvalue weighted by atomic mass is 16.1. The number of amides is 1. The number of amidine groups is 1. The van der Waals surface area contributed by atoms with Crippen molar-refractivity contribution in [1.29, 1.82) is 5.41 Å². The zero-order chi connectivity index (χ0) is 12.8. The summed E-state index contributed by atoms with van der Waals surface area (Å²) in [5.41, 5.74) is 11.6. The number of nitrogens with one attached hydrogen (secondary N) is 1. The van der Waals surface area contributed by atoms with Gasteiger partial charge in [-0.15, -0.1) is 0 Å². The lowest BCUT2D eigenvalue weighted by Gasteiger charge is -2.22. The van der Waals surface area contributed by atoms with E-state index in [-0.39, 0.29) is 11.5 Å². The number of pyridine rings is 1. The number of hydrogen-bond donors (Lipinski definition) is 3. The van der Waals surface area contributed by atoms with Crippen molar-refractivity contribution in [2.75, 3.05) is 18.0 Å². The topological polar surface area (TPSA) is 109 Å². The molecular formula is C11H17N5O. The van der Waals surface area contributed by atoms with Crippen molar-refractivity contribution < 1.29 is 4.79 Å². The molecule has 1 aromatic heterocycles. The molecule has 92 valence electrons. The Morgan fingerprint density at radius 1 is 1.53 bits per heavy atom. The van der Waals surface area contributed by atoms with E-state index in [9.17, 15) is 4.79 Å². The maximum Gasteiger partial charge on any atom is 0.267 e. The molecule has 1 heterocycles. The molecule has 0 fully saturated rings. The summed E-state index contributed by atoms with van der Waals surface area (Å²) in [6.07, 6.45) is 2.04. The molecule has 1 rings (SSSR count). The van der Waals surface area contributed by atoms with Crippen molar-refractivity contribution in [2.24, 2.45) is 11.5 Å². The van der Waals surface area contributed by atoms with E-state index in [2.05, 4.69) is 4.98 Å². The number of hydrogen-bond acceptors (Lipinski definition) is 4. The van der Waals surface area contributed by atoms with Gasteiger partial charge in [0.2, 0.25) is 0 Å². The number of nitrogens with two attached hydrogens (primary N) is 2. The van der Waals surface area contributed by atoms with E-state index in [0.29, 0.717) is 13.0 Å². The Morgan fingerprint density at radius 3 is 2.76 bits per heavy atom. The average molecular weight is 235 g/mol. The van der Waals surface area contributed by atoms with Crippen molar-refractivity contribution in [1.82, 2.24) is 4.98 Å². The smallest absolute Gasteiger partial charge is 0.267 e. The minimum absolute atomic E-state index is 0.146. The summed E-state index contributed by atoms with van der Waals surface area (Å²) in [6, 6.07) is 3.45. The molecule has 0 spiro atoms. The number of rotatable bonds is 6. The van der Waals surface area contributed by atoms with Crippen molar-refractivity contribution in [3.05, 3.63) is 24.0 Å². The average Bonchev–Trinajstić information content (AvgIpc) is 2.30. The number of primary amides is 1. The Kier molecular flexibility index (Phi) is 4.45. The Morgan fingerprint density at radius 2 is 2.24 bits per heavy atom. The van der Waals surface area contributed by atoms with E-state index in [1.807, 2.05) is 11.8 Å². The standard InChI is InChI=1S/C11H17N5O/c1-2-16(6-4-10(12)13)8-3-5-15-9(7-8)11(14)17/h3,5,7H,2,4,6H2,1H3,(H3,12,13)(H2,14,17). The Labute approximate surface area is 100 Å². The molecule has 1 aromatic rings. The molecule has 0 aromatic carbocycles. The summed E-state index contributed by atoms with van der Waals surface area (Å²) in [4.78, 5) is 16.9. The first-order valence-corrected chi connectivity index (χ1v) is 5.38. The summed E-state index contributed by atoms with van der Waals surface area (Å²) in [5, 5.41) is 7.20. The minimum atomic E-state index is -0.547. The molecule has 0 atom stereocenters. The number of anilines is 1. The van der Waals surface area contributed by atoms with Gasteiger partial charge in [-0.25, -0.2) is 0 Å². The normalized spacial score (nSPS) is 9.94. The second kappa shape index (κ2) is 5.83. The summed E-state index contributed by atoms with van der Waals surface area (Å²) >= 11 is 0. The van der Waals surface area contributed by atoms with E-state index in [4.69, 9.17) is 16.9 Å². The highest BCUT2D eigenvalue weighted by molar-refractivity contribution is 5.91. The maximum absolute atomic E-state index is 11.0. The van der Waals surface area contributed by atoms with Crippen molar-refractivity contribution in [3.63, 3.8) is 0 Å². The first-order chi connectivity index (χ1) is 8.04. The van der Waals surface area contributed by atoms with Crippen molar-refractivity contribution >= 4 is 17.4 Å². The van der Waals surface area contributed by atoms with Crippen LogP contribution in [-0.4, -0.2) is 29.8 Å². The van der Waals surface area contributed by atoms with Gasteiger partial charge in [0, 0.05) is 31.4 Å². The number of carbonyl (C=O) groups excluding carboxylic acids is 1. The van der Waals surface area contributed by atoms with Crippen LogP contribution in [0.3, 0.4) is 0 Å². The van der Waals surface area contributed by atoms with Gasteiger partial charge in [0.05, 0.1) is 5.84 Å². The predicted molar refractivity (Wildman–Crippen MR) is 67.2 cm³/mol. The summed E-state index contributed by atoms with van der Waals surface area (Å²) in [7, 11) is 0. The molecule has 0 aliphatic heterocycles. The van der Waals surface area contributed by atoms with Gasteiger partial charge in [-0.05, 0) is 19.1 Å². The van der Waals surface area contributed by atoms with Crippen LogP contribution in [0.1, 0.15) is 23.8 Å². The Bertz CT molecular complexity index is 418. The van der Waals surface area contributed by atoms with Crippen LogP contribution in [0.25, 0.3) is 0 Å². The molecule has 0 aliphatic rings. The van der Waals surface area contributed by atoms with Crippen LogP contribution < -0.4 is 16.4 Å². The second-order valence-electron chi connectivity index (χ2n) is 3.62. The third-order valence-corrected chi connectivity index (χ3v) is 2.39. The third kappa shape index (κ3) is 3.75. The van der Waals surface area contributed by atoms with E-state index in [1.165, 1.54) is 0 Å². The third-order valence-electron chi connectivity index (χ3n) is 2.39. The molecule has 0 unspecified atom stereocenters. The molecule has 0 radical (unpaired) electrons. The first-order valence-electron chi connectivity index (χ1n) is 5.38. The number of aromatic nitrogens is 1. The lowest BCUT2D eigenvalue weighted by atomic mass is 10.2. The molecule has 5 N–H and O–H groups in total. The number of nitrogens with zero attached hydrogens (tertiary/aromatic N) is 2. The minimum Gasteiger partial charge on any atom is -0.388 e. The zero-order valence-corrected chi connectivity index (χ0v) is 9.81. The van der Waals surface area contributed by atoms with Gasteiger partial charge in [-0.1, -0.05) is 0 Å². The fourth-order valence-electron chi connectivity index (χ4n) is 1.48. The van der Waals surface area contributed by atoms with Crippen LogP contribution in [0, 0.1) is 5.41 Å². The van der Waals surface area contributed by atoms with Crippen LogP contribution in [0.15, 0.2) is 18.3 Å². The second-order valence-corrected chi connectivity index (χ2v) is 3.62. The molecule has 1 amide bonds. The lowest BCUT2D eigenvalue weighted by Crippen LogP contribution is -2.28. The first kappa shape index (κ1) is 13.0. The Hall–Kier alpha value is -2.11. The van der Waals surface area contributed by atoms with Crippen molar-refractivity contribution in [2.45, 2.75) is 13.3 Å². The van der Waals surface area contributed by atoms with Gasteiger partial charge in [-0.2, -0.15) is 0 Å². The van der Waals surface area contributed by atoms with Crippen LogP contribution in [0.2, 0.25) is 0 Å². The molecule has 0 saturated carbocycles. The SMILES string of the molecule is CCN(CCC(=N)N)c1ccnc(C(N)=O)c1. The fraction of sp³-hybridized carbons (Fsp3) is 0.364. The highest BCUT2D eigenvalue weighted by Gasteiger charge is 2.08. The molecule has 6 heteroatoms. The van der Waals surface area contributed by atoms with E-state index < -0.39 is 5.91 Å². The van der Waals surface area contributed by atoms with E-state index in [1.54, 1.807) is 18.3 Å². The highest BCUT2D eigenvalue weighted by Crippen LogP contribution is 2.14. The van der Waals surface area contributed by atoms with Gasteiger partial charge in [0.15, 0.2) is 0 Å². The fourth-order valence-corrected chi connectivity index (χ4v) is 1.48. The van der Waals surface area contributed by atoms with E-state index in [0.717, 1.165) is 12.2 Å². The van der Waals surface area contributed by atoms with Gasteiger partial charge in [0.25, 0.3) is 5.91 Å². The van der Waals surface area contributed by atoms with Crippen LogP contribution in [0.4, 0.5) is 5.69 Å². The van der Waals surface area contributed by atoms with Gasteiger partial charge in [0.1, 0.15) is 5.69 Å². The zero-order valence-electron chi connectivity index (χ0n) is 9.81. The quantitative estimate of drug-likeness (QED) is 0.487. The molecule has 0 bridgehead atoms. The lowest BCUT2D eigenvalue weighted by molar-refractivity contribution is 0.0995. The van der Waals surface area contributed by atoms with Gasteiger partial charge in [-0.3, -0.25) is 15.2 Å². The van der Waals surface area contributed by atoms with Gasteiger partial charge >= 0.3 is 0 Å². The number of carbonyl (C=O) groups is 1. The Balaban J connectivity index is 2.84. The molecule has 6 nitrogen and oxygen atoms in total. The molecular weight excluding hydrogens is 218 g/mol. The predicted octanol–water partition coefficient (Wildman–Crippen LogP) is 0.333.